The molecule has 0 bridgehead atoms. The van der Waals surface area contributed by atoms with Gasteiger partial charge in [0.1, 0.15) is 6.10 Å². The normalized spacial score (nSPS) is 19.1. The standard InChI is InChI=1S/C14H22N2O2/c1-9(2)12-5-13-14(6-15-12)18-11(8-17)7-16(13)10(3)4/h5-6,9-11,17H,7-8H2,1-4H3. The molecule has 2 heterocycles. The first kappa shape index (κ1) is 13.1. The summed E-state index contributed by atoms with van der Waals surface area (Å²) < 4.78 is 5.74. The second-order valence-electron chi connectivity index (χ2n) is 5.40. The van der Waals surface area contributed by atoms with Gasteiger partial charge in [-0.3, -0.25) is 4.98 Å². The lowest BCUT2D eigenvalue weighted by molar-refractivity contribution is 0.110. The first-order valence-electron chi connectivity index (χ1n) is 6.57. The van der Waals surface area contributed by atoms with Gasteiger partial charge in [-0.2, -0.15) is 0 Å². The van der Waals surface area contributed by atoms with Crippen LogP contribution in [0, 0.1) is 0 Å². The number of pyridine rings is 1. The van der Waals surface area contributed by atoms with Crippen molar-refractivity contribution in [2.45, 2.75) is 45.8 Å². The second kappa shape index (κ2) is 5.14. The lowest BCUT2D eigenvalue weighted by atomic mass is 10.1. The summed E-state index contributed by atoms with van der Waals surface area (Å²) in [6, 6.07) is 2.48. The van der Waals surface area contributed by atoms with Crippen LogP contribution in [-0.4, -0.2) is 35.4 Å². The van der Waals surface area contributed by atoms with Gasteiger partial charge < -0.3 is 14.7 Å². The average Bonchev–Trinajstić information content (AvgIpc) is 2.36. The molecule has 0 aliphatic carbocycles. The number of aliphatic hydroxyl groups is 1. The van der Waals surface area contributed by atoms with Crippen LogP contribution in [0.4, 0.5) is 5.69 Å². The Balaban J connectivity index is 2.40. The molecule has 4 heteroatoms. The Morgan fingerprint density at radius 2 is 2.17 bits per heavy atom. The topological polar surface area (TPSA) is 45.6 Å². The molecular weight excluding hydrogens is 228 g/mol. The van der Waals surface area contributed by atoms with Crippen molar-refractivity contribution in [3.63, 3.8) is 0 Å². The van der Waals surface area contributed by atoms with Crippen molar-refractivity contribution in [2.75, 3.05) is 18.1 Å². The molecule has 18 heavy (non-hydrogen) atoms. The van der Waals surface area contributed by atoms with E-state index >= 15 is 0 Å². The Morgan fingerprint density at radius 1 is 1.44 bits per heavy atom. The molecule has 0 radical (unpaired) electrons. The Labute approximate surface area is 109 Å². The van der Waals surface area contributed by atoms with Crippen LogP contribution in [0.1, 0.15) is 39.3 Å². The predicted octanol–water partition coefficient (Wildman–Crippen LogP) is 2.17. The molecule has 1 unspecified atom stereocenters. The van der Waals surface area contributed by atoms with E-state index in [9.17, 15) is 5.11 Å². The summed E-state index contributed by atoms with van der Waals surface area (Å²) in [5, 5.41) is 9.29. The average molecular weight is 250 g/mol. The van der Waals surface area contributed by atoms with Crippen molar-refractivity contribution >= 4 is 5.69 Å². The zero-order chi connectivity index (χ0) is 13.3. The van der Waals surface area contributed by atoms with Crippen LogP contribution in [0.5, 0.6) is 5.75 Å². The molecule has 0 aromatic carbocycles. The lowest BCUT2D eigenvalue weighted by Gasteiger charge is -2.38. The van der Waals surface area contributed by atoms with E-state index in [1.807, 2.05) is 0 Å². The van der Waals surface area contributed by atoms with Crippen molar-refractivity contribution in [2.24, 2.45) is 0 Å². The van der Waals surface area contributed by atoms with E-state index in [4.69, 9.17) is 4.74 Å². The fraction of sp³-hybridized carbons (Fsp3) is 0.643. The van der Waals surface area contributed by atoms with Crippen LogP contribution < -0.4 is 9.64 Å². The van der Waals surface area contributed by atoms with Gasteiger partial charge in [0.15, 0.2) is 5.75 Å². The van der Waals surface area contributed by atoms with Crippen LogP contribution in [0.15, 0.2) is 12.3 Å². The van der Waals surface area contributed by atoms with Crippen molar-refractivity contribution in [1.29, 1.82) is 0 Å². The minimum absolute atomic E-state index is 0.0363. The van der Waals surface area contributed by atoms with Crippen LogP contribution in [-0.2, 0) is 0 Å². The first-order valence-corrected chi connectivity index (χ1v) is 6.57. The number of hydrogen-bond donors (Lipinski definition) is 1. The van der Waals surface area contributed by atoms with E-state index in [2.05, 4.69) is 43.6 Å². The molecular formula is C14H22N2O2. The van der Waals surface area contributed by atoms with Gasteiger partial charge in [0.2, 0.25) is 0 Å². The number of fused-ring (bicyclic) bond motifs is 1. The summed E-state index contributed by atoms with van der Waals surface area (Å²) in [6.45, 7) is 9.33. The molecule has 1 N–H and O–H groups in total. The number of anilines is 1. The lowest BCUT2D eigenvalue weighted by Crippen LogP contribution is -2.45. The van der Waals surface area contributed by atoms with Gasteiger partial charge in [0.25, 0.3) is 0 Å². The van der Waals surface area contributed by atoms with Crippen molar-refractivity contribution in [1.82, 2.24) is 4.98 Å². The summed E-state index contributed by atoms with van der Waals surface area (Å²) in [6.07, 6.45) is 1.62. The molecule has 1 aromatic heterocycles. The highest BCUT2D eigenvalue weighted by Crippen LogP contribution is 2.35. The quantitative estimate of drug-likeness (QED) is 0.893. The van der Waals surface area contributed by atoms with E-state index in [0.717, 1.165) is 23.7 Å². The van der Waals surface area contributed by atoms with Gasteiger partial charge in [-0.05, 0) is 25.8 Å². The van der Waals surface area contributed by atoms with Crippen LogP contribution in [0.2, 0.25) is 0 Å². The molecule has 0 spiro atoms. The van der Waals surface area contributed by atoms with Crippen molar-refractivity contribution in [3.05, 3.63) is 18.0 Å². The van der Waals surface area contributed by atoms with Gasteiger partial charge in [-0.25, -0.2) is 0 Å². The molecule has 0 amide bonds. The zero-order valence-electron chi connectivity index (χ0n) is 11.6. The first-order chi connectivity index (χ1) is 8.52. The minimum atomic E-state index is -0.161. The number of rotatable bonds is 3. The van der Waals surface area contributed by atoms with E-state index in [0.29, 0.717) is 12.0 Å². The monoisotopic (exact) mass is 250 g/mol. The molecule has 1 aliphatic rings. The smallest absolute Gasteiger partial charge is 0.161 e. The van der Waals surface area contributed by atoms with Gasteiger partial charge in [-0.1, -0.05) is 13.8 Å². The Bertz CT molecular complexity index is 418. The third-order valence-electron chi connectivity index (χ3n) is 3.29. The van der Waals surface area contributed by atoms with Crippen LogP contribution in [0.25, 0.3) is 0 Å². The fourth-order valence-electron chi connectivity index (χ4n) is 2.20. The van der Waals surface area contributed by atoms with E-state index in [1.165, 1.54) is 0 Å². The number of hydrogen-bond acceptors (Lipinski definition) is 4. The molecule has 4 nitrogen and oxygen atoms in total. The number of aromatic nitrogens is 1. The SMILES string of the molecule is CC(C)c1cc2c(cn1)OC(CO)CN2C(C)C. The molecule has 1 aliphatic heterocycles. The molecule has 0 saturated carbocycles. The predicted molar refractivity (Wildman–Crippen MR) is 72.3 cm³/mol. The summed E-state index contributed by atoms with van der Waals surface area (Å²) in [4.78, 5) is 6.69. The van der Waals surface area contributed by atoms with E-state index < -0.39 is 0 Å². The third-order valence-corrected chi connectivity index (χ3v) is 3.29. The summed E-state index contributed by atoms with van der Waals surface area (Å²) in [7, 11) is 0. The van der Waals surface area contributed by atoms with Gasteiger partial charge in [0, 0.05) is 11.7 Å². The van der Waals surface area contributed by atoms with Gasteiger partial charge in [-0.15, -0.1) is 0 Å². The molecule has 0 saturated heterocycles. The molecule has 100 valence electrons. The largest absolute Gasteiger partial charge is 0.482 e. The van der Waals surface area contributed by atoms with E-state index in [-0.39, 0.29) is 12.7 Å². The number of aliphatic hydroxyl groups excluding tert-OH is 1. The zero-order valence-corrected chi connectivity index (χ0v) is 11.6. The Kier molecular flexibility index (Phi) is 3.76. The summed E-state index contributed by atoms with van der Waals surface area (Å²) >= 11 is 0. The van der Waals surface area contributed by atoms with Gasteiger partial charge >= 0.3 is 0 Å². The van der Waals surface area contributed by atoms with Crippen LogP contribution >= 0.6 is 0 Å². The summed E-state index contributed by atoms with van der Waals surface area (Å²) in [5.41, 5.74) is 2.17. The summed E-state index contributed by atoms with van der Waals surface area (Å²) in [5.74, 6) is 1.18. The van der Waals surface area contributed by atoms with Crippen molar-refractivity contribution in [3.8, 4) is 5.75 Å². The highest BCUT2D eigenvalue weighted by molar-refractivity contribution is 5.60. The van der Waals surface area contributed by atoms with E-state index in [1.54, 1.807) is 6.20 Å². The van der Waals surface area contributed by atoms with Crippen molar-refractivity contribution < 1.29 is 9.84 Å². The maximum absolute atomic E-state index is 9.29. The highest BCUT2D eigenvalue weighted by Gasteiger charge is 2.27. The third kappa shape index (κ3) is 2.43. The maximum Gasteiger partial charge on any atom is 0.161 e. The Morgan fingerprint density at radius 3 is 2.72 bits per heavy atom. The number of ether oxygens (including phenoxy) is 1. The number of nitrogens with zero attached hydrogens (tertiary/aromatic N) is 2. The highest BCUT2D eigenvalue weighted by atomic mass is 16.5. The molecule has 0 fully saturated rings. The van der Waals surface area contributed by atoms with Gasteiger partial charge in [0.05, 0.1) is 25.0 Å². The minimum Gasteiger partial charge on any atom is -0.482 e. The second-order valence-corrected chi connectivity index (χ2v) is 5.40. The molecule has 1 aromatic rings. The maximum atomic E-state index is 9.29. The molecule has 1 atom stereocenters. The molecule has 2 rings (SSSR count). The fourth-order valence-corrected chi connectivity index (χ4v) is 2.20. The Hall–Kier alpha value is -1.29. The van der Waals surface area contributed by atoms with Crippen LogP contribution in [0.3, 0.4) is 0 Å².